The Labute approximate surface area is 115 Å². The summed E-state index contributed by atoms with van der Waals surface area (Å²) in [5.41, 5.74) is 2.29. The molecule has 2 N–H and O–H groups in total. The fourth-order valence-corrected chi connectivity index (χ4v) is 2.56. The molecule has 0 radical (unpaired) electrons. The highest BCUT2D eigenvalue weighted by atomic mass is 35.5. The number of aromatic nitrogens is 1. The van der Waals surface area contributed by atoms with E-state index >= 15 is 0 Å². The van der Waals surface area contributed by atoms with Gasteiger partial charge < -0.3 is 10.4 Å². The van der Waals surface area contributed by atoms with Gasteiger partial charge in [0.1, 0.15) is 9.34 Å². The number of hydrogen-bond donors (Lipinski definition) is 2. The van der Waals surface area contributed by atoms with Crippen LogP contribution in [0.15, 0.2) is 30.5 Å². The zero-order valence-corrected chi connectivity index (χ0v) is 11.5. The van der Waals surface area contributed by atoms with E-state index in [0.717, 1.165) is 23.5 Å². The van der Waals surface area contributed by atoms with E-state index in [2.05, 4.69) is 22.4 Å². The summed E-state index contributed by atoms with van der Waals surface area (Å²) in [5, 5.41) is 13.1. The van der Waals surface area contributed by atoms with E-state index in [1.165, 1.54) is 16.9 Å². The van der Waals surface area contributed by atoms with Gasteiger partial charge in [0.25, 0.3) is 0 Å². The minimum absolute atomic E-state index is 0.231. The summed E-state index contributed by atoms with van der Waals surface area (Å²) in [6, 6.07) is 8.22. The maximum absolute atomic E-state index is 8.82. The molecule has 1 heterocycles. The monoisotopic (exact) mass is 282 g/mol. The summed E-state index contributed by atoms with van der Waals surface area (Å²) in [7, 11) is 0. The molecule has 96 valence electrons. The van der Waals surface area contributed by atoms with Crippen LogP contribution in [0.4, 0.5) is 5.69 Å². The number of aliphatic hydroxyl groups is 1. The van der Waals surface area contributed by atoms with E-state index in [1.54, 1.807) is 6.20 Å². The second kappa shape index (κ2) is 6.73. The molecule has 0 saturated heterocycles. The summed E-state index contributed by atoms with van der Waals surface area (Å²) in [6.07, 6.45) is 3.36. The van der Waals surface area contributed by atoms with Crippen LogP contribution in [0.2, 0.25) is 4.34 Å². The molecule has 0 unspecified atom stereocenters. The first kappa shape index (κ1) is 13.3. The van der Waals surface area contributed by atoms with Gasteiger partial charge in [-0.05, 0) is 30.5 Å². The molecule has 3 nitrogen and oxygen atoms in total. The summed E-state index contributed by atoms with van der Waals surface area (Å²) >= 11 is 7.31. The highest BCUT2D eigenvalue weighted by Crippen LogP contribution is 2.20. The number of anilines is 1. The van der Waals surface area contributed by atoms with Crippen LogP contribution in [-0.4, -0.2) is 16.7 Å². The van der Waals surface area contributed by atoms with E-state index in [4.69, 9.17) is 16.7 Å². The van der Waals surface area contributed by atoms with Gasteiger partial charge in [-0.3, -0.25) is 0 Å². The van der Waals surface area contributed by atoms with Crippen LogP contribution in [0.25, 0.3) is 0 Å². The van der Waals surface area contributed by atoms with Crippen molar-refractivity contribution in [2.75, 3.05) is 11.9 Å². The van der Waals surface area contributed by atoms with Crippen molar-refractivity contribution >= 4 is 28.6 Å². The number of thiazole rings is 1. The summed E-state index contributed by atoms with van der Waals surface area (Å²) in [5.74, 6) is 0. The van der Waals surface area contributed by atoms with E-state index in [1.807, 2.05) is 12.1 Å². The molecule has 1 aromatic carbocycles. The van der Waals surface area contributed by atoms with Gasteiger partial charge >= 0.3 is 0 Å². The molecule has 2 rings (SSSR count). The van der Waals surface area contributed by atoms with Crippen LogP contribution in [0.3, 0.4) is 0 Å². The number of nitrogens with one attached hydrogen (secondary N) is 1. The normalized spacial score (nSPS) is 10.6. The van der Waals surface area contributed by atoms with Crippen LogP contribution in [0, 0.1) is 0 Å². The minimum atomic E-state index is 0.231. The first-order valence-corrected chi connectivity index (χ1v) is 7.01. The second-order valence-corrected chi connectivity index (χ2v) is 5.69. The first-order chi connectivity index (χ1) is 8.78. The van der Waals surface area contributed by atoms with Crippen molar-refractivity contribution in [1.29, 1.82) is 0 Å². The Morgan fingerprint density at radius 1 is 1.39 bits per heavy atom. The molecule has 0 amide bonds. The van der Waals surface area contributed by atoms with Gasteiger partial charge in [-0.2, -0.15) is 0 Å². The van der Waals surface area contributed by atoms with Crippen molar-refractivity contribution in [3.05, 3.63) is 45.4 Å². The zero-order chi connectivity index (χ0) is 12.8. The molecule has 0 fully saturated rings. The average molecular weight is 283 g/mol. The lowest BCUT2D eigenvalue weighted by atomic mass is 10.1. The van der Waals surface area contributed by atoms with E-state index < -0.39 is 0 Å². The lowest BCUT2D eigenvalue weighted by Crippen LogP contribution is -1.99. The van der Waals surface area contributed by atoms with Gasteiger partial charge in [0.05, 0.1) is 12.7 Å². The number of halogens is 1. The Morgan fingerprint density at radius 3 is 3.00 bits per heavy atom. The number of benzene rings is 1. The Balaban J connectivity index is 1.92. The van der Waals surface area contributed by atoms with Gasteiger partial charge in [-0.15, -0.1) is 11.3 Å². The van der Waals surface area contributed by atoms with Crippen molar-refractivity contribution in [2.45, 2.75) is 19.4 Å². The number of aryl methyl sites for hydroxylation is 1. The Kier molecular flexibility index (Phi) is 4.99. The Hall–Kier alpha value is -1.10. The average Bonchev–Trinajstić information content (AvgIpc) is 2.80. The molecule has 1 aromatic heterocycles. The predicted molar refractivity (Wildman–Crippen MR) is 76.3 cm³/mol. The van der Waals surface area contributed by atoms with Crippen molar-refractivity contribution in [1.82, 2.24) is 4.98 Å². The van der Waals surface area contributed by atoms with E-state index in [9.17, 15) is 0 Å². The van der Waals surface area contributed by atoms with Crippen LogP contribution < -0.4 is 5.32 Å². The van der Waals surface area contributed by atoms with Gasteiger partial charge in [-0.25, -0.2) is 4.98 Å². The van der Waals surface area contributed by atoms with E-state index in [0.29, 0.717) is 10.9 Å². The summed E-state index contributed by atoms with van der Waals surface area (Å²) in [4.78, 5) is 4.19. The van der Waals surface area contributed by atoms with Crippen molar-refractivity contribution in [3.63, 3.8) is 0 Å². The molecular weight excluding hydrogens is 268 g/mol. The maximum Gasteiger partial charge on any atom is 0.113 e. The maximum atomic E-state index is 8.82. The van der Waals surface area contributed by atoms with Crippen molar-refractivity contribution in [3.8, 4) is 0 Å². The molecule has 0 bridgehead atoms. The molecule has 0 aliphatic rings. The highest BCUT2D eigenvalue weighted by Gasteiger charge is 2.00. The van der Waals surface area contributed by atoms with E-state index in [-0.39, 0.29) is 6.61 Å². The molecule has 0 aliphatic carbocycles. The lowest BCUT2D eigenvalue weighted by molar-refractivity contribution is 0.288. The molecule has 0 atom stereocenters. The van der Waals surface area contributed by atoms with Crippen LogP contribution in [-0.2, 0) is 13.0 Å². The molecule has 18 heavy (non-hydrogen) atoms. The second-order valence-electron chi connectivity index (χ2n) is 3.94. The fourth-order valence-electron chi connectivity index (χ4n) is 1.67. The van der Waals surface area contributed by atoms with Gasteiger partial charge in [0, 0.05) is 12.3 Å². The number of aliphatic hydroxyl groups excluding tert-OH is 1. The van der Waals surface area contributed by atoms with Gasteiger partial charge in [0.2, 0.25) is 0 Å². The number of rotatable bonds is 6. The third-order valence-corrected chi connectivity index (χ3v) is 3.63. The molecule has 2 aromatic rings. The SMILES string of the molecule is OCCCc1cccc(NCc2ncc(Cl)s2)c1. The Morgan fingerprint density at radius 2 is 2.28 bits per heavy atom. The third kappa shape index (κ3) is 3.98. The first-order valence-electron chi connectivity index (χ1n) is 5.82. The zero-order valence-electron chi connectivity index (χ0n) is 9.90. The van der Waals surface area contributed by atoms with Gasteiger partial charge in [-0.1, -0.05) is 23.7 Å². The summed E-state index contributed by atoms with van der Waals surface area (Å²) in [6.45, 7) is 0.913. The van der Waals surface area contributed by atoms with Crippen molar-refractivity contribution in [2.24, 2.45) is 0 Å². The number of hydrogen-bond acceptors (Lipinski definition) is 4. The van der Waals surface area contributed by atoms with Crippen molar-refractivity contribution < 1.29 is 5.11 Å². The standard InChI is InChI=1S/C13H15ClN2OS/c14-12-8-16-13(18-12)9-15-11-5-1-3-10(7-11)4-2-6-17/h1,3,5,7-8,15,17H,2,4,6,9H2. The highest BCUT2D eigenvalue weighted by molar-refractivity contribution is 7.15. The van der Waals surface area contributed by atoms with Crippen LogP contribution in [0.5, 0.6) is 0 Å². The topological polar surface area (TPSA) is 45.1 Å². The lowest BCUT2D eigenvalue weighted by Gasteiger charge is -2.06. The molecular formula is C13H15ClN2OS. The van der Waals surface area contributed by atoms with Crippen LogP contribution >= 0.6 is 22.9 Å². The molecule has 0 aliphatic heterocycles. The fraction of sp³-hybridized carbons (Fsp3) is 0.308. The predicted octanol–water partition coefficient (Wildman–Crippen LogP) is 3.33. The minimum Gasteiger partial charge on any atom is -0.396 e. The third-order valence-electron chi connectivity index (χ3n) is 2.52. The largest absolute Gasteiger partial charge is 0.396 e. The smallest absolute Gasteiger partial charge is 0.113 e. The quantitative estimate of drug-likeness (QED) is 0.854. The molecule has 0 saturated carbocycles. The van der Waals surface area contributed by atoms with Crippen LogP contribution in [0.1, 0.15) is 17.0 Å². The van der Waals surface area contributed by atoms with Gasteiger partial charge in [0.15, 0.2) is 0 Å². The Bertz CT molecular complexity index is 501. The molecule has 0 spiro atoms. The summed E-state index contributed by atoms with van der Waals surface area (Å²) < 4.78 is 0.712. The molecule has 5 heteroatoms. The number of nitrogens with zero attached hydrogens (tertiary/aromatic N) is 1.